The van der Waals surface area contributed by atoms with Gasteiger partial charge in [0.1, 0.15) is 6.04 Å². The van der Waals surface area contributed by atoms with Crippen LogP contribution in [-0.2, 0) is 10.4 Å². The van der Waals surface area contributed by atoms with Crippen molar-refractivity contribution < 1.29 is 19.5 Å². The second-order valence-corrected chi connectivity index (χ2v) is 10.5. The summed E-state index contributed by atoms with van der Waals surface area (Å²) in [5, 5.41) is 17.5. The van der Waals surface area contributed by atoms with Crippen molar-refractivity contribution in [2.75, 3.05) is 18.4 Å². The molecule has 0 radical (unpaired) electrons. The lowest BCUT2D eigenvalue weighted by Gasteiger charge is -2.51. The largest absolute Gasteiger partial charge is 0.384 e. The molecule has 1 aliphatic rings. The number of nitrogens with zero attached hydrogens (tertiary/aromatic N) is 1. The number of carbonyl (C=O) groups excluding carboxylic acids is 3. The standard InChI is InChI=1S/C26H33ClN4O4/c1-16(2)21(30-22(32)17-6-5-7-20(14-17)29-24(28)34)23(33)31-13-12-26(35,25(3,4)15-31)18-8-10-19(27)11-9-18/h5-11,14,16,21,35H,12-13,15H2,1-4H3,(H,30,32)(H3,28,29,34)/t21-,26+/m1/s1. The van der Waals surface area contributed by atoms with Crippen molar-refractivity contribution in [3.8, 4) is 0 Å². The van der Waals surface area contributed by atoms with E-state index >= 15 is 0 Å². The van der Waals surface area contributed by atoms with Gasteiger partial charge in [-0.2, -0.15) is 0 Å². The Kier molecular flexibility index (Phi) is 7.77. The number of hydrogen-bond acceptors (Lipinski definition) is 4. The van der Waals surface area contributed by atoms with Crippen LogP contribution in [0.2, 0.25) is 5.02 Å². The number of rotatable bonds is 6. The fourth-order valence-corrected chi connectivity index (χ4v) is 4.71. The molecule has 2 atom stereocenters. The number of primary amides is 1. The minimum Gasteiger partial charge on any atom is -0.384 e. The topological polar surface area (TPSA) is 125 Å². The van der Waals surface area contributed by atoms with E-state index in [9.17, 15) is 19.5 Å². The van der Waals surface area contributed by atoms with Gasteiger partial charge in [-0.05, 0) is 48.2 Å². The van der Waals surface area contributed by atoms with E-state index in [0.29, 0.717) is 35.8 Å². The molecule has 188 valence electrons. The maximum Gasteiger partial charge on any atom is 0.316 e. The number of halogens is 1. The smallest absolute Gasteiger partial charge is 0.316 e. The molecule has 0 aliphatic carbocycles. The zero-order valence-corrected chi connectivity index (χ0v) is 21.2. The van der Waals surface area contributed by atoms with E-state index in [-0.39, 0.29) is 11.8 Å². The highest BCUT2D eigenvalue weighted by atomic mass is 35.5. The van der Waals surface area contributed by atoms with Gasteiger partial charge in [0.25, 0.3) is 5.91 Å². The van der Waals surface area contributed by atoms with Crippen molar-refractivity contribution in [1.29, 1.82) is 0 Å². The van der Waals surface area contributed by atoms with Crippen LogP contribution in [0, 0.1) is 11.3 Å². The van der Waals surface area contributed by atoms with E-state index in [1.807, 2.05) is 39.8 Å². The Balaban J connectivity index is 1.76. The summed E-state index contributed by atoms with van der Waals surface area (Å²) in [4.78, 5) is 39.3. The molecule has 0 saturated carbocycles. The van der Waals surface area contributed by atoms with Gasteiger partial charge >= 0.3 is 6.03 Å². The first-order valence-corrected chi connectivity index (χ1v) is 12.0. The molecule has 0 aromatic heterocycles. The number of nitrogens with two attached hydrogens (primary N) is 1. The minimum atomic E-state index is -1.13. The Labute approximate surface area is 210 Å². The molecule has 1 aliphatic heterocycles. The third kappa shape index (κ3) is 5.77. The monoisotopic (exact) mass is 500 g/mol. The first-order valence-electron chi connectivity index (χ1n) is 11.6. The number of amides is 4. The van der Waals surface area contributed by atoms with Crippen molar-refractivity contribution in [2.24, 2.45) is 17.1 Å². The lowest BCUT2D eigenvalue weighted by molar-refractivity contribution is -0.155. The number of carbonyl (C=O) groups is 3. The molecular formula is C26H33ClN4O4. The zero-order valence-electron chi connectivity index (χ0n) is 20.5. The number of aliphatic hydroxyl groups is 1. The molecule has 4 amide bonds. The Morgan fingerprint density at radius 3 is 2.34 bits per heavy atom. The molecule has 1 heterocycles. The highest BCUT2D eigenvalue weighted by molar-refractivity contribution is 6.30. The van der Waals surface area contributed by atoms with Crippen LogP contribution in [0.4, 0.5) is 10.5 Å². The number of benzene rings is 2. The number of likely N-dealkylation sites (tertiary alicyclic amines) is 1. The van der Waals surface area contributed by atoms with Crippen molar-refractivity contribution in [3.05, 3.63) is 64.7 Å². The lowest BCUT2D eigenvalue weighted by atomic mass is 9.66. The fraction of sp³-hybridized carbons (Fsp3) is 0.423. The van der Waals surface area contributed by atoms with E-state index in [1.54, 1.807) is 35.2 Å². The van der Waals surface area contributed by atoms with Gasteiger partial charge in [0.15, 0.2) is 0 Å². The second-order valence-electron chi connectivity index (χ2n) is 10.0. The minimum absolute atomic E-state index is 0.168. The molecule has 8 nitrogen and oxygen atoms in total. The molecule has 2 aromatic rings. The summed E-state index contributed by atoms with van der Waals surface area (Å²) < 4.78 is 0. The summed E-state index contributed by atoms with van der Waals surface area (Å²) in [6.07, 6.45) is 0.354. The molecule has 0 bridgehead atoms. The summed E-state index contributed by atoms with van der Waals surface area (Å²) in [5.41, 5.74) is 4.83. The Morgan fingerprint density at radius 1 is 1.11 bits per heavy atom. The Bertz CT molecular complexity index is 1100. The van der Waals surface area contributed by atoms with Gasteiger partial charge in [0.2, 0.25) is 5.91 Å². The average molecular weight is 501 g/mol. The molecule has 2 aromatic carbocycles. The summed E-state index contributed by atoms with van der Waals surface area (Å²) in [6, 6.07) is 12.0. The fourth-order valence-electron chi connectivity index (χ4n) is 4.59. The first kappa shape index (κ1) is 26.5. The number of anilines is 1. The van der Waals surface area contributed by atoms with Gasteiger partial charge < -0.3 is 26.4 Å². The summed E-state index contributed by atoms with van der Waals surface area (Å²) in [5.74, 6) is -0.802. The predicted octanol–water partition coefficient (Wildman–Crippen LogP) is 3.73. The molecule has 1 saturated heterocycles. The van der Waals surface area contributed by atoms with Gasteiger partial charge in [0, 0.05) is 34.8 Å². The van der Waals surface area contributed by atoms with Crippen molar-refractivity contribution in [1.82, 2.24) is 10.2 Å². The van der Waals surface area contributed by atoms with Gasteiger partial charge in [0.05, 0.1) is 5.60 Å². The maximum atomic E-state index is 13.5. The highest BCUT2D eigenvalue weighted by Gasteiger charge is 2.50. The maximum absolute atomic E-state index is 13.5. The normalized spacial score (nSPS) is 20.3. The summed E-state index contributed by atoms with van der Waals surface area (Å²) >= 11 is 6.02. The predicted molar refractivity (Wildman–Crippen MR) is 136 cm³/mol. The molecule has 35 heavy (non-hydrogen) atoms. The molecule has 9 heteroatoms. The van der Waals surface area contributed by atoms with E-state index in [0.717, 1.165) is 5.56 Å². The molecular weight excluding hydrogens is 468 g/mol. The van der Waals surface area contributed by atoms with E-state index in [4.69, 9.17) is 17.3 Å². The molecule has 3 rings (SSSR count). The number of urea groups is 1. The Hall–Kier alpha value is -3.10. The summed E-state index contributed by atoms with van der Waals surface area (Å²) in [7, 11) is 0. The first-order chi connectivity index (χ1) is 16.3. The van der Waals surface area contributed by atoms with E-state index in [2.05, 4.69) is 10.6 Å². The van der Waals surface area contributed by atoms with Crippen LogP contribution in [0.15, 0.2) is 48.5 Å². The molecule has 1 fully saturated rings. The van der Waals surface area contributed by atoms with Crippen LogP contribution in [0.1, 0.15) is 50.0 Å². The van der Waals surface area contributed by atoms with Crippen molar-refractivity contribution >= 4 is 35.1 Å². The van der Waals surface area contributed by atoms with Crippen molar-refractivity contribution in [3.63, 3.8) is 0 Å². The number of piperidine rings is 1. The van der Waals surface area contributed by atoms with Gasteiger partial charge in [-0.3, -0.25) is 9.59 Å². The second kappa shape index (κ2) is 10.3. The van der Waals surface area contributed by atoms with Crippen LogP contribution >= 0.6 is 11.6 Å². The summed E-state index contributed by atoms with van der Waals surface area (Å²) in [6.45, 7) is 8.27. The van der Waals surface area contributed by atoms with Crippen LogP contribution in [-0.4, -0.2) is 47.0 Å². The molecule has 0 unspecified atom stereocenters. The third-order valence-corrected chi connectivity index (χ3v) is 6.95. The van der Waals surface area contributed by atoms with Crippen molar-refractivity contribution in [2.45, 2.75) is 45.8 Å². The van der Waals surface area contributed by atoms with Gasteiger partial charge in [-0.25, -0.2) is 4.79 Å². The van der Waals surface area contributed by atoms with Crippen LogP contribution in [0.3, 0.4) is 0 Å². The molecule has 5 N–H and O–H groups in total. The number of nitrogens with one attached hydrogen (secondary N) is 2. The third-order valence-electron chi connectivity index (χ3n) is 6.69. The molecule has 0 spiro atoms. The van der Waals surface area contributed by atoms with Gasteiger partial charge in [-0.15, -0.1) is 0 Å². The zero-order chi connectivity index (χ0) is 26.0. The van der Waals surface area contributed by atoms with E-state index in [1.165, 1.54) is 6.07 Å². The van der Waals surface area contributed by atoms with Crippen LogP contribution in [0.25, 0.3) is 0 Å². The van der Waals surface area contributed by atoms with E-state index < -0.39 is 29.0 Å². The van der Waals surface area contributed by atoms with Crippen LogP contribution in [0.5, 0.6) is 0 Å². The van der Waals surface area contributed by atoms with Gasteiger partial charge in [-0.1, -0.05) is 57.5 Å². The average Bonchev–Trinajstić information content (AvgIpc) is 2.78. The lowest BCUT2D eigenvalue weighted by Crippen LogP contribution is -2.60. The highest BCUT2D eigenvalue weighted by Crippen LogP contribution is 2.46. The Morgan fingerprint density at radius 2 is 1.77 bits per heavy atom. The van der Waals surface area contributed by atoms with Crippen LogP contribution < -0.4 is 16.4 Å². The SMILES string of the molecule is CC(C)[C@@H](NC(=O)c1cccc(NC(N)=O)c1)C(=O)N1CC[C@](O)(c2ccc(Cl)cc2)C(C)(C)C1. The number of hydrogen-bond donors (Lipinski definition) is 4. The quantitative estimate of drug-likeness (QED) is 0.482.